The van der Waals surface area contributed by atoms with E-state index in [4.69, 9.17) is 4.74 Å². The number of aryl methyl sites for hydroxylation is 1. The first-order chi connectivity index (χ1) is 8.19. The Kier molecular flexibility index (Phi) is 4.33. The zero-order chi connectivity index (χ0) is 13.9. The first-order valence-electron chi connectivity index (χ1n) is 5.94. The molecule has 1 unspecified atom stereocenters. The third kappa shape index (κ3) is 4.35. The van der Waals surface area contributed by atoms with Crippen molar-refractivity contribution >= 4 is 5.91 Å². The van der Waals surface area contributed by atoms with Gasteiger partial charge in [-0.05, 0) is 52.3 Å². The maximum absolute atomic E-state index is 13.5. The summed E-state index contributed by atoms with van der Waals surface area (Å²) in [5.41, 5.74) is 0.551. The van der Waals surface area contributed by atoms with Crippen molar-refractivity contribution in [2.75, 3.05) is 0 Å². The number of amides is 1. The molecule has 0 aliphatic carbocycles. The molecule has 1 atom stereocenters. The fraction of sp³-hybridized carbons (Fsp3) is 0.500. The minimum Gasteiger partial charge on any atom is -0.478 e. The van der Waals surface area contributed by atoms with Crippen molar-refractivity contribution in [2.45, 2.75) is 46.3 Å². The van der Waals surface area contributed by atoms with Crippen LogP contribution in [0.3, 0.4) is 0 Å². The number of nitrogens with one attached hydrogen (secondary N) is 1. The van der Waals surface area contributed by atoms with Crippen LogP contribution in [0.2, 0.25) is 0 Å². The lowest BCUT2D eigenvalue weighted by atomic mass is 10.1. The lowest BCUT2D eigenvalue weighted by molar-refractivity contribution is -0.128. The summed E-state index contributed by atoms with van der Waals surface area (Å²) in [6.07, 6.45) is -0.736. The molecule has 1 aromatic carbocycles. The molecule has 100 valence electrons. The van der Waals surface area contributed by atoms with Gasteiger partial charge in [0.1, 0.15) is 0 Å². The summed E-state index contributed by atoms with van der Waals surface area (Å²) in [7, 11) is 0. The highest BCUT2D eigenvalue weighted by molar-refractivity contribution is 5.81. The van der Waals surface area contributed by atoms with Crippen LogP contribution in [0, 0.1) is 12.7 Å². The number of carbonyl (C=O) groups is 1. The van der Waals surface area contributed by atoms with E-state index in [1.807, 2.05) is 27.7 Å². The van der Waals surface area contributed by atoms with Crippen LogP contribution in [0.4, 0.5) is 4.39 Å². The Morgan fingerprint density at radius 2 is 2.00 bits per heavy atom. The Balaban J connectivity index is 2.72. The van der Waals surface area contributed by atoms with Crippen molar-refractivity contribution in [3.8, 4) is 5.75 Å². The first-order valence-corrected chi connectivity index (χ1v) is 5.94. The van der Waals surface area contributed by atoms with E-state index < -0.39 is 11.9 Å². The van der Waals surface area contributed by atoms with E-state index in [0.29, 0.717) is 0 Å². The van der Waals surface area contributed by atoms with Crippen LogP contribution in [0.5, 0.6) is 5.75 Å². The van der Waals surface area contributed by atoms with Crippen LogP contribution in [0.25, 0.3) is 0 Å². The molecule has 4 heteroatoms. The van der Waals surface area contributed by atoms with Gasteiger partial charge in [0.15, 0.2) is 17.7 Å². The maximum Gasteiger partial charge on any atom is 0.261 e. The molecule has 0 radical (unpaired) electrons. The van der Waals surface area contributed by atoms with E-state index in [2.05, 4.69) is 5.32 Å². The molecule has 0 spiro atoms. The molecule has 0 saturated carbocycles. The quantitative estimate of drug-likeness (QED) is 0.899. The van der Waals surface area contributed by atoms with E-state index in [-0.39, 0.29) is 17.2 Å². The van der Waals surface area contributed by atoms with Gasteiger partial charge in [0, 0.05) is 5.54 Å². The third-order valence-corrected chi connectivity index (χ3v) is 2.26. The number of carbonyl (C=O) groups excluding carboxylic acids is 1. The lowest BCUT2D eigenvalue weighted by Gasteiger charge is -2.23. The molecule has 0 heterocycles. The smallest absolute Gasteiger partial charge is 0.261 e. The summed E-state index contributed by atoms with van der Waals surface area (Å²) in [5.74, 6) is -0.619. The van der Waals surface area contributed by atoms with Crippen molar-refractivity contribution < 1.29 is 13.9 Å². The highest BCUT2D eigenvalue weighted by Gasteiger charge is 2.21. The molecule has 0 bridgehead atoms. The maximum atomic E-state index is 13.5. The molecule has 1 rings (SSSR count). The summed E-state index contributed by atoms with van der Waals surface area (Å²) in [4.78, 5) is 11.8. The van der Waals surface area contributed by atoms with Gasteiger partial charge in [-0.15, -0.1) is 0 Å². The van der Waals surface area contributed by atoms with E-state index in [0.717, 1.165) is 5.56 Å². The molecule has 0 aliphatic rings. The van der Waals surface area contributed by atoms with E-state index in [1.165, 1.54) is 6.07 Å². The second-order valence-corrected chi connectivity index (χ2v) is 5.43. The fourth-order valence-corrected chi connectivity index (χ4v) is 1.42. The summed E-state index contributed by atoms with van der Waals surface area (Å²) in [6, 6.07) is 4.57. The van der Waals surface area contributed by atoms with Crippen LogP contribution in [0.1, 0.15) is 33.3 Å². The highest BCUT2D eigenvalue weighted by Crippen LogP contribution is 2.19. The van der Waals surface area contributed by atoms with Crippen LogP contribution < -0.4 is 10.1 Å². The molecule has 0 saturated heterocycles. The number of ether oxygens (including phenoxy) is 1. The molecule has 1 amide bonds. The fourth-order valence-electron chi connectivity index (χ4n) is 1.42. The standard InChI is InChI=1S/C14H20FNO2/c1-9-6-7-11(15)12(8-9)18-10(2)13(17)16-14(3,4)5/h6-8,10H,1-5H3,(H,16,17). The SMILES string of the molecule is Cc1ccc(F)c(OC(C)C(=O)NC(C)(C)C)c1. The number of hydrogen-bond acceptors (Lipinski definition) is 2. The van der Waals surface area contributed by atoms with Crippen molar-refractivity contribution in [1.82, 2.24) is 5.32 Å². The Labute approximate surface area is 107 Å². The van der Waals surface area contributed by atoms with Gasteiger partial charge in [-0.1, -0.05) is 6.07 Å². The van der Waals surface area contributed by atoms with Gasteiger partial charge in [-0.3, -0.25) is 4.79 Å². The minimum atomic E-state index is -0.736. The zero-order valence-corrected chi connectivity index (χ0v) is 11.5. The predicted octanol–water partition coefficient (Wildman–Crippen LogP) is 2.82. The van der Waals surface area contributed by atoms with E-state index in [1.54, 1.807) is 19.1 Å². The van der Waals surface area contributed by atoms with Crippen LogP contribution in [-0.2, 0) is 4.79 Å². The van der Waals surface area contributed by atoms with Crippen molar-refractivity contribution in [3.05, 3.63) is 29.6 Å². The number of hydrogen-bond donors (Lipinski definition) is 1. The Hall–Kier alpha value is -1.58. The average Bonchev–Trinajstić information content (AvgIpc) is 2.21. The Bertz CT molecular complexity index is 438. The summed E-state index contributed by atoms with van der Waals surface area (Å²) < 4.78 is 18.8. The summed E-state index contributed by atoms with van der Waals surface area (Å²) >= 11 is 0. The topological polar surface area (TPSA) is 38.3 Å². The molecule has 0 aliphatic heterocycles. The molecule has 1 N–H and O–H groups in total. The van der Waals surface area contributed by atoms with Crippen LogP contribution >= 0.6 is 0 Å². The minimum absolute atomic E-state index is 0.103. The molecule has 18 heavy (non-hydrogen) atoms. The van der Waals surface area contributed by atoms with Crippen LogP contribution in [0.15, 0.2) is 18.2 Å². The van der Waals surface area contributed by atoms with Crippen molar-refractivity contribution in [1.29, 1.82) is 0 Å². The molecule has 0 fully saturated rings. The number of benzene rings is 1. The van der Waals surface area contributed by atoms with Crippen LogP contribution in [-0.4, -0.2) is 17.6 Å². The van der Waals surface area contributed by atoms with Gasteiger partial charge in [0.2, 0.25) is 0 Å². The van der Waals surface area contributed by atoms with Crippen molar-refractivity contribution in [2.24, 2.45) is 0 Å². The van der Waals surface area contributed by atoms with E-state index >= 15 is 0 Å². The van der Waals surface area contributed by atoms with Gasteiger partial charge >= 0.3 is 0 Å². The second kappa shape index (κ2) is 5.38. The van der Waals surface area contributed by atoms with E-state index in [9.17, 15) is 9.18 Å². The zero-order valence-electron chi connectivity index (χ0n) is 11.5. The Morgan fingerprint density at radius 3 is 2.56 bits per heavy atom. The molecule has 1 aromatic rings. The largest absolute Gasteiger partial charge is 0.478 e. The van der Waals surface area contributed by atoms with Gasteiger partial charge in [-0.25, -0.2) is 4.39 Å². The van der Waals surface area contributed by atoms with Gasteiger partial charge < -0.3 is 10.1 Å². The summed E-state index contributed by atoms with van der Waals surface area (Å²) in [5, 5.41) is 2.79. The third-order valence-electron chi connectivity index (χ3n) is 2.26. The highest BCUT2D eigenvalue weighted by atomic mass is 19.1. The van der Waals surface area contributed by atoms with Crippen molar-refractivity contribution in [3.63, 3.8) is 0 Å². The van der Waals surface area contributed by atoms with Gasteiger partial charge in [0.25, 0.3) is 5.91 Å². The normalized spacial score (nSPS) is 13.0. The lowest BCUT2D eigenvalue weighted by Crippen LogP contribution is -2.46. The summed E-state index contributed by atoms with van der Waals surface area (Å²) in [6.45, 7) is 9.08. The average molecular weight is 253 g/mol. The molecule has 3 nitrogen and oxygen atoms in total. The molecule has 0 aromatic heterocycles. The number of rotatable bonds is 3. The van der Waals surface area contributed by atoms with Gasteiger partial charge in [-0.2, -0.15) is 0 Å². The Morgan fingerprint density at radius 1 is 1.39 bits per heavy atom. The van der Waals surface area contributed by atoms with Gasteiger partial charge in [0.05, 0.1) is 0 Å². The molecular weight excluding hydrogens is 233 g/mol. The number of halogens is 1. The second-order valence-electron chi connectivity index (χ2n) is 5.43. The monoisotopic (exact) mass is 253 g/mol. The predicted molar refractivity (Wildman–Crippen MR) is 69.1 cm³/mol. The first kappa shape index (κ1) is 14.5. The molecular formula is C14H20FNO2.